The second-order valence-electron chi connectivity index (χ2n) is 7.15. The van der Waals surface area contributed by atoms with Crippen LogP contribution in [0.2, 0.25) is 0 Å². The molecule has 1 atom stereocenters. The Kier molecular flexibility index (Phi) is 3.79. The zero-order chi connectivity index (χ0) is 17.6. The summed E-state index contributed by atoms with van der Waals surface area (Å²) in [6.45, 7) is 6.87. The monoisotopic (exact) mass is 330 g/mol. The molecule has 0 unspecified atom stereocenters. The maximum atomic E-state index is 13.0. The first kappa shape index (κ1) is 15.8. The standard InChI is InChI=1S/C22H22N2O/c1-14-4-6-17(7-5-14)10-18-11-19-12-23-21-9-16(3)15(2)8-20(21)22(25)24(19)13-18/h4-10,12,19H,11,13H2,1-3H3/b18-10+/t19-/m0/s1. The highest BCUT2D eigenvalue weighted by molar-refractivity contribution is 6.03. The molecule has 1 saturated heterocycles. The van der Waals surface area contributed by atoms with Crippen molar-refractivity contribution in [1.29, 1.82) is 0 Å². The number of hydrogen-bond acceptors (Lipinski definition) is 2. The predicted octanol–water partition coefficient (Wildman–Crippen LogP) is 4.63. The van der Waals surface area contributed by atoms with Crippen LogP contribution in [0.25, 0.3) is 6.08 Å². The lowest BCUT2D eigenvalue weighted by Gasteiger charge is -2.19. The number of benzene rings is 2. The first-order valence-corrected chi connectivity index (χ1v) is 8.74. The molecule has 0 bridgehead atoms. The SMILES string of the molecule is Cc1ccc(/C=C2\C[C@H]3C=Nc4cc(C)c(C)cc4C(=O)N3C2)cc1. The average molecular weight is 330 g/mol. The van der Waals surface area contributed by atoms with Gasteiger partial charge >= 0.3 is 0 Å². The molecule has 1 amide bonds. The molecule has 2 aromatic carbocycles. The van der Waals surface area contributed by atoms with Crippen LogP contribution in [0.3, 0.4) is 0 Å². The fourth-order valence-electron chi connectivity index (χ4n) is 3.54. The summed E-state index contributed by atoms with van der Waals surface area (Å²) >= 11 is 0. The van der Waals surface area contributed by atoms with Crippen LogP contribution in [0, 0.1) is 20.8 Å². The lowest BCUT2D eigenvalue weighted by Crippen LogP contribution is -2.35. The van der Waals surface area contributed by atoms with Crippen LogP contribution in [0.15, 0.2) is 47.0 Å². The van der Waals surface area contributed by atoms with Crippen LogP contribution in [-0.4, -0.2) is 29.6 Å². The Morgan fingerprint density at radius 2 is 1.80 bits per heavy atom. The summed E-state index contributed by atoms with van der Waals surface area (Å²) in [5.74, 6) is 0.0907. The minimum absolute atomic E-state index is 0.0530. The van der Waals surface area contributed by atoms with Gasteiger partial charge in [-0.2, -0.15) is 0 Å². The molecule has 2 heterocycles. The minimum atomic E-state index is 0.0530. The summed E-state index contributed by atoms with van der Waals surface area (Å²) in [5, 5.41) is 0. The molecule has 3 heteroatoms. The van der Waals surface area contributed by atoms with Crippen molar-refractivity contribution < 1.29 is 4.79 Å². The number of rotatable bonds is 1. The van der Waals surface area contributed by atoms with Gasteiger partial charge in [-0.1, -0.05) is 35.9 Å². The van der Waals surface area contributed by atoms with Crippen LogP contribution in [0.4, 0.5) is 5.69 Å². The molecule has 0 spiro atoms. The van der Waals surface area contributed by atoms with Gasteiger partial charge in [-0.3, -0.25) is 9.79 Å². The van der Waals surface area contributed by atoms with Gasteiger partial charge in [-0.05, 0) is 61.6 Å². The number of hydrogen-bond donors (Lipinski definition) is 0. The fraction of sp³-hybridized carbons (Fsp3) is 0.273. The molecule has 1 fully saturated rings. The third-order valence-electron chi connectivity index (χ3n) is 5.18. The molecule has 0 aromatic heterocycles. The molecule has 2 aliphatic heterocycles. The first-order chi connectivity index (χ1) is 12.0. The van der Waals surface area contributed by atoms with Crippen LogP contribution in [0.1, 0.15) is 39.0 Å². The Balaban J connectivity index is 1.65. The van der Waals surface area contributed by atoms with Crippen LogP contribution in [-0.2, 0) is 0 Å². The lowest BCUT2D eigenvalue weighted by atomic mass is 10.0. The second kappa shape index (κ2) is 5.99. The third-order valence-corrected chi connectivity index (χ3v) is 5.18. The molecular formula is C22H22N2O. The van der Waals surface area contributed by atoms with Gasteiger partial charge in [0.1, 0.15) is 0 Å². The minimum Gasteiger partial charge on any atom is -0.326 e. The van der Waals surface area contributed by atoms with E-state index in [9.17, 15) is 4.79 Å². The van der Waals surface area contributed by atoms with Gasteiger partial charge in [-0.25, -0.2) is 0 Å². The first-order valence-electron chi connectivity index (χ1n) is 8.74. The van der Waals surface area contributed by atoms with E-state index in [0.717, 1.165) is 23.2 Å². The molecule has 0 saturated carbocycles. The highest BCUT2D eigenvalue weighted by atomic mass is 16.2. The number of aryl methyl sites for hydroxylation is 3. The molecule has 2 aromatic rings. The van der Waals surface area contributed by atoms with Gasteiger partial charge in [0.05, 0.1) is 17.3 Å². The van der Waals surface area contributed by atoms with Crippen molar-refractivity contribution in [2.45, 2.75) is 33.2 Å². The van der Waals surface area contributed by atoms with Gasteiger partial charge in [0.15, 0.2) is 0 Å². The van der Waals surface area contributed by atoms with Crippen molar-refractivity contribution in [2.75, 3.05) is 6.54 Å². The van der Waals surface area contributed by atoms with Gasteiger partial charge < -0.3 is 4.90 Å². The summed E-state index contributed by atoms with van der Waals surface area (Å²) in [7, 11) is 0. The molecule has 4 rings (SSSR count). The summed E-state index contributed by atoms with van der Waals surface area (Å²) in [6.07, 6.45) is 5.00. The average Bonchev–Trinajstić information content (AvgIpc) is 2.95. The zero-order valence-electron chi connectivity index (χ0n) is 14.9. The van der Waals surface area contributed by atoms with E-state index in [4.69, 9.17) is 0 Å². The van der Waals surface area contributed by atoms with Crippen molar-refractivity contribution >= 4 is 23.9 Å². The molecule has 25 heavy (non-hydrogen) atoms. The van der Waals surface area contributed by atoms with Crippen molar-refractivity contribution in [2.24, 2.45) is 4.99 Å². The number of carbonyl (C=O) groups excluding carboxylic acids is 1. The quantitative estimate of drug-likeness (QED) is 0.750. The molecule has 126 valence electrons. The Morgan fingerprint density at radius 3 is 2.56 bits per heavy atom. The Morgan fingerprint density at radius 1 is 1.08 bits per heavy atom. The second-order valence-corrected chi connectivity index (χ2v) is 7.15. The topological polar surface area (TPSA) is 32.7 Å². The van der Waals surface area contributed by atoms with E-state index in [1.54, 1.807) is 0 Å². The summed E-state index contributed by atoms with van der Waals surface area (Å²) in [4.78, 5) is 19.6. The van der Waals surface area contributed by atoms with Crippen LogP contribution >= 0.6 is 0 Å². The molecular weight excluding hydrogens is 308 g/mol. The molecule has 0 radical (unpaired) electrons. The van der Waals surface area contributed by atoms with Crippen LogP contribution in [0.5, 0.6) is 0 Å². The Bertz CT molecular complexity index is 906. The van der Waals surface area contributed by atoms with E-state index in [1.165, 1.54) is 22.3 Å². The van der Waals surface area contributed by atoms with Crippen molar-refractivity contribution in [3.8, 4) is 0 Å². The van der Waals surface area contributed by atoms with E-state index in [1.807, 2.05) is 30.2 Å². The van der Waals surface area contributed by atoms with E-state index >= 15 is 0 Å². The van der Waals surface area contributed by atoms with Gasteiger partial charge in [0, 0.05) is 12.8 Å². The van der Waals surface area contributed by atoms with Crippen molar-refractivity contribution in [1.82, 2.24) is 4.90 Å². The Labute approximate surface area is 148 Å². The molecule has 2 aliphatic rings. The number of amides is 1. The van der Waals surface area contributed by atoms with Crippen molar-refractivity contribution in [3.05, 3.63) is 69.8 Å². The van der Waals surface area contributed by atoms with E-state index in [-0.39, 0.29) is 11.9 Å². The lowest BCUT2D eigenvalue weighted by molar-refractivity contribution is 0.0778. The van der Waals surface area contributed by atoms with E-state index in [2.05, 4.69) is 49.2 Å². The summed E-state index contributed by atoms with van der Waals surface area (Å²) in [6, 6.07) is 12.5. The van der Waals surface area contributed by atoms with E-state index in [0.29, 0.717) is 6.54 Å². The predicted molar refractivity (Wildman–Crippen MR) is 103 cm³/mol. The molecule has 3 nitrogen and oxygen atoms in total. The zero-order valence-corrected chi connectivity index (χ0v) is 14.9. The van der Waals surface area contributed by atoms with Crippen molar-refractivity contribution in [3.63, 3.8) is 0 Å². The maximum absolute atomic E-state index is 13.0. The summed E-state index contributed by atoms with van der Waals surface area (Å²) < 4.78 is 0. The van der Waals surface area contributed by atoms with E-state index < -0.39 is 0 Å². The normalized spacial score (nSPS) is 20.6. The molecule has 0 N–H and O–H groups in total. The van der Waals surface area contributed by atoms with Gasteiger partial charge in [0.2, 0.25) is 0 Å². The largest absolute Gasteiger partial charge is 0.326 e. The third kappa shape index (κ3) is 2.91. The number of fused-ring (bicyclic) bond motifs is 2. The fourth-order valence-corrected chi connectivity index (χ4v) is 3.54. The summed E-state index contributed by atoms with van der Waals surface area (Å²) in [5.41, 5.74) is 7.55. The highest BCUT2D eigenvalue weighted by Gasteiger charge is 2.34. The highest BCUT2D eigenvalue weighted by Crippen LogP contribution is 2.33. The number of aliphatic imine (C=N–C) groups is 1. The number of carbonyl (C=O) groups is 1. The number of nitrogens with zero attached hydrogens (tertiary/aromatic N) is 2. The Hall–Kier alpha value is -2.68. The smallest absolute Gasteiger partial charge is 0.256 e. The van der Waals surface area contributed by atoms with Crippen LogP contribution < -0.4 is 0 Å². The van der Waals surface area contributed by atoms with Gasteiger partial charge in [0.25, 0.3) is 5.91 Å². The van der Waals surface area contributed by atoms with Gasteiger partial charge in [-0.15, -0.1) is 0 Å². The molecule has 0 aliphatic carbocycles. The maximum Gasteiger partial charge on any atom is 0.256 e.